The van der Waals surface area contributed by atoms with Gasteiger partial charge >= 0.3 is 0 Å². The number of amides is 1. The van der Waals surface area contributed by atoms with Crippen molar-refractivity contribution in [3.8, 4) is 5.75 Å². The normalized spacial score (nSPS) is 21.9. The topological polar surface area (TPSA) is 76.2 Å². The molecule has 0 bridgehead atoms. The number of aryl methyl sites for hydroxylation is 1. The van der Waals surface area contributed by atoms with E-state index in [2.05, 4.69) is 0 Å². The van der Waals surface area contributed by atoms with Crippen molar-refractivity contribution in [2.75, 3.05) is 46.0 Å². The number of hydrogen-bond donors (Lipinski definition) is 0. The molecule has 0 unspecified atom stereocenters. The molecule has 2 fully saturated rings. The molecule has 1 atom stereocenters. The number of ether oxygens (including phenoxy) is 2. The van der Waals surface area contributed by atoms with E-state index < -0.39 is 15.4 Å². The number of halogens is 1. The van der Waals surface area contributed by atoms with E-state index in [4.69, 9.17) is 21.1 Å². The van der Waals surface area contributed by atoms with E-state index in [1.807, 2.05) is 17.9 Å². The molecular formula is C25H31ClN2O5S. The van der Waals surface area contributed by atoms with Crippen LogP contribution in [0.2, 0.25) is 5.02 Å². The van der Waals surface area contributed by atoms with Crippen LogP contribution in [0, 0.1) is 12.3 Å². The minimum atomic E-state index is -3.69. The smallest absolute Gasteiger partial charge is 0.243 e. The molecule has 184 valence electrons. The Labute approximate surface area is 206 Å². The quantitative estimate of drug-likeness (QED) is 0.571. The molecule has 0 spiro atoms. The molecule has 34 heavy (non-hydrogen) atoms. The second kappa shape index (κ2) is 10.6. The Morgan fingerprint density at radius 1 is 1.12 bits per heavy atom. The van der Waals surface area contributed by atoms with Crippen molar-refractivity contribution in [1.29, 1.82) is 0 Å². The van der Waals surface area contributed by atoms with E-state index in [9.17, 15) is 13.2 Å². The maximum absolute atomic E-state index is 13.5. The summed E-state index contributed by atoms with van der Waals surface area (Å²) in [7, 11) is -3.69. The van der Waals surface area contributed by atoms with Gasteiger partial charge in [-0.25, -0.2) is 8.42 Å². The average Bonchev–Trinajstić information content (AvgIpc) is 2.84. The lowest BCUT2D eigenvalue weighted by Gasteiger charge is -2.42. The molecule has 4 rings (SSSR count). The van der Waals surface area contributed by atoms with Crippen LogP contribution in [0.25, 0.3) is 0 Å². The highest BCUT2D eigenvalue weighted by atomic mass is 35.5. The first kappa shape index (κ1) is 25.0. The number of nitrogens with zero attached hydrogens (tertiary/aromatic N) is 2. The monoisotopic (exact) mass is 506 g/mol. The zero-order chi connectivity index (χ0) is 24.2. The molecule has 0 aromatic heterocycles. The highest BCUT2D eigenvalue weighted by Gasteiger charge is 2.43. The van der Waals surface area contributed by atoms with Gasteiger partial charge < -0.3 is 14.4 Å². The maximum atomic E-state index is 13.5. The molecule has 0 aliphatic carbocycles. The number of benzene rings is 2. The van der Waals surface area contributed by atoms with E-state index in [1.165, 1.54) is 4.31 Å². The van der Waals surface area contributed by atoms with Gasteiger partial charge in [-0.1, -0.05) is 23.7 Å². The fraction of sp³-hybridized carbons (Fsp3) is 0.480. The molecule has 2 saturated heterocycles. The third kappa shape index (κ3) is 5.92. The highest BCUT2D eigenvalue weighted by Crippen LogP contribution is 2.37. The van der Waals surface area contributed by atoms with Crippen LogP contribution in [-0.4, -0.2) is 69.5 Å². The lowest BCUT2D eigenvalue weighted by Crippen LogP contribution is -2.51. The van der Waals surface area contributed by atoms with Gasteiger partial charge in [-0.2, -0.15) is 4.31 Å². The summed E-state index contributed by atoms with van der Waals surface area (Å²) in [5, 5.41) is 0.609. The van der Waals surface area contributed by atoms with Crippen molar-refractivity contribution in [2.45, 2.75) is 31.1 Å². The van der Waals surface area contributed by atoms with E-state index in [0.717, 1.165) is 5.56 Å². The van der Waals surface area contributed by atoms with Gasteiger partial charge in [0.2, 0.25) is 15.9 Å². The van der Waals surface area contributed by atoms with Crippen molar-refractivity contribution in [3.63, 3.8) is 0 Å². The second-order valence-corrected chi connectivity index (χ2v) is 11.5. The molecule has 7 nitrogen and oxygen atoms in total. The Bertz CT molecular complexity index is 1100. The van der Waals surface area contributed by atoms with Crippen LogP contribution in [0.5, 0.6) is 5.75 Å². The number of rotatable bonds is 7. The molecule has 2 aromatic rings. The SMILES string of the molecule is Cc1cccc(S(=O)(=O)N2CCC[C@@](COc3ccc(Cl)cc3)(CC(=O)N3CCOCC3)C2)c1. The molecule has 1 amide bonds. The fourth-order valence-corrected chi connectivity index (χ4v) is 6.44. The van der Waals surface area contributed by atoms with Crippen LogP contribution in [0.15, 0.2) is 53.4 Å². The summed E-state index contributed by atoms with van der Waals surface area (Å²) in [5.41, 5.74) is 0.252. The van der Waals surface area contributed by atoms with E-state index in [0.29, 0.717) is 56.5 Å². The number of carbonyl (C=O) groups is 1. The summed E-state index contributed by atoms with van der Waals surface area (Å²) in [5.74, 6) is 0.652. The summed E-state index contributed by atoms with van der Waals surface area (Å²) in [6, 6.07) is 14.0. The fourth-order valence-electron chi connectivity index (χ4n) is 4.62. The Morgan fingerprint density at radius 3 is 2.56 bits per heavy atom. The van der Waals surface area contributed by atoms with Crippen LogP contribution >= 0.6 is 11.6 Å². The Hall–Kier alpha value is -2.13. The predicted octanol–water partition coefficient (Wildman–Crippen LogP) is 3.75. The second-order valence-electron chi connectivity index (χ2n) is 9.17. The van der Waals surface area contributed by atoms with Gasteiger partial charge in [0.25, 0.3) is 0 Å². The third-order valence-electron chi connectivity index (χ3n) is 6.50. The van der Waals surface area contributed by atoms with Gasteiger partial charge in [0.1, 0.15) is 5.75 Å². The predicted molar refractivity (Wildman–Crippen MR) is 131 cm³/mol. The summed E-state index contributed by atoms with van der Waals surface area (Å²) in [6.07, 6.45) is 1.59. The largest absolute Gasteiger partial charge is 0.493 e. The Morgan fingerprint density at radius 2 is 1.85 bits per heavy atom. The first-order valence-corrected chi connectivity index (χ1v) is 13.4. The third-order valence-corrected chi connectivity index (χ3v) is 8.60. The molecule has 0 saturated carbocycles. The summed E-state index contributed by atoms with van der Waals surface area (Å²) in [6.45, 7) is 4.92. The number of carbonyl (C=O) groups excluding carboxylic acids is 1. The molecule has 0 N–H and O–H groups in total. The highest BCUT2D eigenvalue weighted by molar-refractivity contribution is 7.89. The van der Waals surface area contributed by atoms with E-state index >= 15 is 0 Å². The molecular weight excluding hydrogens is 476 g/mol. The number of piperidine rings is 1. The van der Waals surface area contributed by atoms with Crippen molar-refractivity contribution in [2.24, 2.45) is 5.41 Å². The van der Waals surface area contributed by atoms with Crippen LogP contribution in [0.4, 0.5) is 0 Å². The van der Waals surface area contributed by atoms with Crippen LogP contribution in [0.1, 0.15) is 24.8 Å². The lowest BCUT2D eigenvalue weighted by molar-refractivity contribution is -0.139. The van der Waals surface area contributed by atoms with Crippen LogP contribution < -0.4 is 4.74 Å². The first-order valence-electron chi connectivity index (χ1n) is 11.6. The van der Waals surface area contributed by atoms with Gasteiger partial charge in [0, 0.05) is 43.0 Å². The lowest BCUT2D eigenvalue weighted by atomic mass is 9.78. The number of morpholine rings is 1. The van der Waals surface area contributed by atoms with Gasteiger partial charge in [-0.05, 0) is 61.7 Å². The molecule has 9 heteroatoms. The van der Waals surface area contributed by atoms with Crippen molar-refractivity contribution < 1.29 is 22.7 Å². The number of sulfonamides is 1. The van der Waals surface area contributed by atoms with Crippen LogP contribution in [0.3, 0.4) is 0 Å². The molecule has 2 aromatic carbocycles. The molecule has 2 aliphatic heterocycles. The van der Waals surface area contributed by atoms with Gasteiger partial charge in [0.15, 0.2) is 0 Å². The van der Waals surface area contributed by atoms with E-state index in [1.54, 1.807) is 42.5 Å². The zero-order valence-corrected chi connectivity index (χ0v) is 21.0. The first-order chi connectivity index (χ1) is 16.3. The summed E-state index contributed by atoms with van der Waals surface area (Å²) >= 11 is 5.99. The Kier molecular flexibility index (Phi) is 7.82. The minimum absolute atomic E-state index is 0.0119. The van der Waals surface area contributed by atoms with Gasteiger partial charge in [0.05, 0.1) is 24.7 Å². The minimum Gasteiger partial charge on any atom is -0.493 e. The summed E-state index contributed by atoms with van der Waals surface area (Å²) in [4.78, 5) is 15.3. The van der Waals surface area contributed by atoms with Crippen molar-refractivity contribution >= 4 is 27.5 Å². The molecule has 2 heterocycles. The standard InChI is InChI=1S/C25H31ClN2O5S/c1-20-4-2-5-23(16-20)34(30,31)28-11-3-10-25(18-28,17-24(29)27-12-14-32-15-13-27)19-33-22-8-6-21(26)7-9-22/h2,4-9,16H,3,10-15,17-19H2,1H3/t25-/m1/s1. The van der Waals surface area contributed by atoms with Crippen LogP contribution in [-0.2, 0) is 19.6 Å². The number of hydrogen-bond acceptors (Lipinski definition) is 5. The average molecular weight is 507 g/mol. The zero-order valence-electron chi connectivity index (χ0n) is 19.4. The molecule has 2 aliphatic rings. The maximum Gasteiger partial charge on any atom is 0.243 e. The Balaban J connectivity index is 1.58. The molecule has 0 radical (unpaired) electrons. The van der Waals surface area contributed by atoms with Crippen molar-refractivity contribution in [3.05, 3.63) is 59.1 Å². The van der Waals surface area contributed by atoms with Crippen molar-refractivity contribution in [1.82, 2.24) is 9.21 Å². The summed E-state index contributed by atoms with van der Waals surface area (Å²) < 4.78 is 40.0. The van der Waals surface area contributed by atoms with Gasteiger partial charge in [-0.3, -0.25) is 4.79 Å². The van der Waals surface area contributed by atoms with Gasteiger partial charge in [-0.15, -0.1) is 0 Å². The van der Waals surface area contributed by atoms with E-state index in [-0.39, 0.29) is 30.4 Å².